The first kappa shape index (κ1) is 19.2. The highest BCUT2D eigenvalue weighted by Gasteiger charge is 2.45. The van der Waals surface area contributed by atoms with Crippen molar-refractivity contribution in [3.8, 4) is 11.1 Å². The maximum absolute atomic E-state index is 13.2. The van der Waals surface area contributed by atoms with Crippen molar-refractivity contribution in [2.45, 2.75) is 17.9 Å². The van der Waals surface area contributed by atoms with Gasteiger partial charge in [0.25, 0.3) is 0 Å². The molecule has 29 heavy (non-hydrogen) atoms. The maximum Gasteiger partial charge on any atom is 0.244 e. The number of rotatable bonds is 3. The predicted octanol–water partition coefficient (Wildman–Crippen LogP) is 3.73. The van der Waals surface area contributed by atoms with Crippen LogP contribution >= 0.6 is 0 Å². The first-order chi connectivity index (χ1) is 13.8. The quantitative estimate of drug-likeness (QED) is 0.492. The van der Waals surface area contributed by atoms with Crippen molar-refractivity contribution in [3.05, 3.63) is 89.5 Å². The van der Waals surface area contributed by atoms with Gasteiger partial charge in [0.1, 0.15) is 0 Å². The van der Waals surface area contributed by atoms with Crippen molar-refractivity contribution in [2.75, 3.05) is 7.05 Å². The number of hydrogen-bond donors (Lipinski definition) is 0. The molecule has 5 nitrogen and oxygen atoms in total. The summed E-state index contributed by atoms with van der Waals surface area (Å²) < 4.78 is 26.5. The van der Waals surface area contributed by atoms with Gasteiger partial charge in [0, 0.05) is 18.2 Å². The Labute approximate surface area is 169 Å². The molecule has 3 aromatic rings. The van der Waals surface area contributed by atoms with E-state index in [-0.39, 0.29) is 10.5 Å². The Hall–Kier alpha value is -3.09. The van der Waals surface area contributed by atoms with Crippen LogP contribution in [0.1, 0.15) is 26.3 Å². The van der Waals surface area contributed by atoms with Gasteiger partial charge in [-0.15, -0.1) is 0 Å². The molecule has 0 aliphatic carbocycles. The van der Waals surface area contributed by atoms with Gasteiger partial charge in [-0.05, 0) is 36.2 Å². The normalized spacial score (nSPS) is 18.3. The maximum atomic E-state index is 13.2. The minimum Gasteiger partial charge on any atom is -0.292 e. The molecule has 1 atom stereocenters. The van der Waals surface area contributed by atoms with Gasteiger partial charge >= 0.3 is 0 Å². The highest BCUT2D eigenvalue weighted by molar-refractivity contribution is 7.89. The number of carbonyl (C=O) groups excluding carboxylic acids is 2. The third-order valence-corrected chi connectivity index (χ3v) is 7.08. The molecule has 4 rings (SSSR count). The smallest absolute Gasteiger partial charge is 0.244 e. The molecule has 6 heteroatoms. The number of carbonyl (C=O) groups is 2. The molecule has 0 aromatic heterocycles. The van der Waals surface area contributed by atoms with Crippen LogP contribution in [0.3, 0.4) is 0 Å². The lowest BCUT2D eigenvalue weighted by Crippen LogP contribution is -2.51. The number of hydrogen-bond acceptors (Lipinski definition) is 4. The molecule has 0 fully saturated rings. The number of likely N-dealkylation sites (N-methyl/N-ethyl adjacent to an activating group) is 1. The summed E-state index contributed by atoms with van der Waals surface area (Å²) in [7, 11) is -2.66. The van der Waals surface area contributed by atoms with E-state index >= 15 is 0 Å². The number of fused-ring (bicyclic) bond motifs is 1. The summed E-state index contributed by atoms with van der Waals surface area (Å²) in [5.41, 5.74) is 3.23. The van der Waals surface area contributed by atoms with Crippen LogP contribution in [-0.2, 0) is 10.0 Å². The monoisotopic (exact) mass is 405 g/mol. The molecule has 0 saturated carbocycles. The first-order valence-electron chi connectivity index (χ1n) is 9.13. The Morgan fingerprint density at radius 1 is 0.897 bits per heavy atom. The number of sulfonamides is 1. The standard InChI is InChI=1S/C23H19NO4S/c1-15-10-12-16(13-11-15)17-6-5-7-18(14-17)22(25)21-23(26)19-8-3-4-9-20(19)29(27,28)24(21)2/h3-14,21H,1-2H3. The van der Waals surface area contributed by atoms with Gasteiger partial charge in [0.2, 0.25) is 10.0 Å². The van der Waals surface area contributed by atoms with E-state index in [1.165, 1.54) is 19.2 Å². The van der Waals surface area contributed by atoms with Gasteiger partial charge in [-0.3, -0.25) is 9.59 Å². The van der Waals surface area contributed by atoms with Crippen molar-refractivity contribution >= 4 is 21.6 Å². The Bertz CT molecular complexity index is 1230. The summed E-state index contributed by atoms with van der Waals surface area (Å²) in [5.74, 6) is -1.05. The zero-order valence-corrected chi connectivity index (χ0v) is 16.8. The third-order valence-electron chi connectivity index (χ3n) is 5.20. The van der Waals surface area contributed by atoms with Gasteiger partial charge in [0.05, 0.1) is 4.90 Å². The van der Waals surface area contributed by atoms with E-state index in [0.717, 1.165) is 21.0 Å². The number of nitrogens with zero attached hydrogens (tertiary/aromatic N) is 1. The summed E-state index contributed by atoms with van der Waals surface area (Å²) in [5, 5.41) is 0. The van der Waals surface area contributed by atoms with Crippen molar-refractivity contribution < 1.29 is 18.0 Å². The minimum absolute atomic E-state index is 0.0543. The van der Waals surface area contributed by atoms with E-state index in [1.807, 2.05) is 37.3 Å². The van der Waals surface area contributed by atoms with Crippen molar-refractivity contribution in [1.29, 1.82) is 0 Å². The van der Waals surface area contributed by atoms with E-state index in [2.05, 4.69) is 0 Å². The van der Waals surface area contributed by atoms with Crippen LogP contribution in [0.2, 0.25) is 0 Å². The van der Waals surface area contributed by atoms with Gasteiger partial charge in [-0.1, -0.05) is 60.2 Å². The van der Waals surface area contributed by atoms with E-state index in [0.29, 0.717) is 5.56 Å². The average Bonchev–Trinajstić information content (AvgIpc) is 2.73. The SMILES string of the molecule is Cc1ccc(-c2cccc(C(=O)C3C(=O)c4ccccc4S(=O)(=O)N3C)c2)cc1. The number of benzene rings is 3. The molecule has 0 saturated heterocycles. The van der Waals surface area contributed by atoms with Crippen LogP contribution in [0.5, 0.6) is 0 Å². The second kappa shape index (κ2) is 7.06. The van der Waals surface area contributed by atoms with E-state index in [9.17, 15) is 18.0 Å². The van der Waals surface area contributed by atoms with Crippen LogP contribution in [0.15, 0.2) is 77.7 Å². The van der Waals surface area contributed by atoms with Gasteiger partial charge in [-0.25, -0.2) is 8.42 Å². The van der Waals surface area contributed by atoms with Gasteiger partial charge < -0.3 is 0 Å². The number of aryl methyl sites for hydroxylation is 1. The average molecular weight is 405 g/mol. The van der Waals surface area contributed by atoms with E-state index in [1.54, 1.807) is 30.3 Å². The number of Topliss-reactive ketones (excluding diaryl/α,β-unsaturated/α-hetero) is 2. The van der Waals surface area contributed by atoms with E-state index < -0.39 is 27.6 Å². The third kappa shape index (κ3) is 3.20. The molecule has 1 aliphatic heterocycles. The van der Waals surface area contributed by atoms with Gasteiger partial charge in [-0.2, -0.15) is 4.31 Å². The topological polar surface area (TPSA) is 71.5 Å². The molecule has 1 unspecified atom stereocenters. The van der Waals surface area contributed by atoms with Crippen molar-refractivity contribution in [1.82, 2.24) is 4.31 Å². The fourth-order valence-electron chi connectivity index (χ4n) is 3.54. The highest BCUT2D eigenvalue weighted by Crippen LogP contribution is 2.31. The molecule has 0 N–H and O–H groups in total. The summed E-state index contributed by atoms with van der Waals surface area (Å²) in [6.45, 7) is 1.99. The summed E-state index contributed by atoms with van der Waals surface area (Å²) >= 11 is 0. The second-order valence-corrected chi connectivity index (χ2v) is 9.06. The Morgan fingerprint density at radius 3 is 2.31 bits per heavy atom. The zero-order chi connectivity index (χ0) is 20.8. The molecule has 1 heterocycles. The fraction of sp³-hybridized carbons (Fsp3) is 0.130. The van der Waals surface area contributed by atoms with Crippen LogP contribution in [0, 0.1) is 6.92 Å². The zero-order valence-electron chi connectivity index (χ0n) is 16.0. The molecule has 0 radical (unpaired) electrons. The minimum atomic E-state index is -3.93. The Morgan fingerprint density at radius 2 is 1.59 bits per heavy atom. The molecule has 0 spiro atoms. The summed E-state index contributed by atoms with van der Waals surface area (Å²) in [6.07, 6.45) is 0. The fourth-order valence-corrected chi connectivity index (χ4v) is 5.02. The van der Waals surface area contributed by atoms with Crippen LogP contribution < -0.4 is 0 Å². The Balaban J connectivity index is 1.76. The molecule has 0 amide bonds. The molecule has 146 valence electrons. The van der Waals surface area contributed by atoms with Crippen LogP contribution in [0.4, 0.5) is 0 Å². The largest absolute Gasteiger partial charge is 0.292 e. The van der Waals surface area contributed by atoms with E-state index in [4.69, 9.17) is 0 Å². The molecule has 0 bridgehead atoms. The predicted molar refractivity (Wildman–Crippen MR) is 110 cm³/mol. The highest BCUT2D eigenvalue weighted by atomic mass is 32.2. The van der Waals surface area contributed by atoms with Crippen molar-refractivity contribution in [3.63, 3.8) is 0 Å². The lowest BCUT2D eigenvalue weighted by Gasteiger charge is -2.31. The van der Waals surface area contributed by atoms with Gasteiger partial charge in [0.15, 0.2) is 17.6 Å². The Kier molecular flexibility index (Phi) is 4.68. The van der Waals surface area contributed by atoms with Crippen LogP contribution in [-0.4, -0.2) is 37.4 Å². The number of ketones is 2. The second-order valence-electron chi connectivity index (χ2n) is 7.10. The summed E-state index contributed by atoms with van der Waals surface area (Å²) in [6, 6.07) is 19.4. The van der Waals surface area contributed by atoms with Crippen LogP contribution in [0.25, 0.3) is 11.1 Å². The van der Waals surface area contributed by atoms with Crippen molar-refractivity contribution in [2.24, 2.45) is 0 Å². The molecular weight excluding hydrogens is 386 g/mol. The molecular formula is C23H19NO4S. The molecule has 3 aromatic carbocycles. The lowest BCUT2D eigenvalue weighted by molar-refractivity contribution is 0.0784. The summed E-state index contributed by atoms with van der Waals surface area (Å²) in [4.78, 5) is 26.2. The molecule has 1 aliphatic rings. The lowest BCUT2D eigenvalue weighted by atomic mass is 9.94. The first-order valence-corrected chi connectivity index (χ1v) is 10.6.